The van der Waals surface area contributed by atoms with E-state index in [2.05, 4.69) is 17.0 Å². The molecule has 7 nitrogen and oxygen atoms in total. The number of ether oxygens (including phenoxy) is 1. The molecule has 0 aliphatic rings. The highest BCUT2D eigenvalue weighted by Gasteiger charge is 2.30. The zero-order chi connectivity index (χ0) is 26.0. The van der Waals surface area contributed by atoms with Gasteiger partial charge in [-0.1, -0.05) is 36.4 Å². The highest BCUT2D eigenvalue weighted by atomic mass is 19.4. The smallest absolute Gasteiger partial charge is 0.422 e. The molecule has 0 saturated heterocycles. The molecule has 0 radical (unpaired) electrons. The number of hydrogen-bond donors (Lipinski definition) is 2. The molecule has 1 heterocycles. The number of alkyl halides is 3. The first-order valence-corrected chi connectivity index (χ1v) is 10.5. The number of amides is 1. The van der Waals surface area contributed by atoms with Crippen molar-refractivity contribution in [3.05, 3.63) is 88.4 Å². The summed E-state index contributed by atoms with van der Waals surface area (Å²) in [6, 6.07) is 13.4. The van der Waals surface area contributed by atoms with Crippen molar-refractivity contribution in [1.82, 2.24) is 9.78 Å². The maximum Gasteiger partial charge on any atom is 0.422 e. The Morgan fingerprint density at radius 1 is 1.14 bits per heavy atom. The summed E-state index contributed by atoms with van der Waals surface area (Å²) < 4.78 is 43.8. The Kier molecular flexibility index (Phi) is 7.16. The minimum atomic E-state index is -4.61. The zero-order valence-electron chi connectivity index (χ0n) is 19.3. The SMILES string of the molecule is C=C(C)c1ccc(NC(=O)c2cc(C(C)(C)O)nn(-c3ccccc3OCC(F)(F)F)c2=O)cc1. The van der Waals surface area contributed by atoms with E-state index in [0.29, 0.717) is 5.69 Å². The average Bonchev–Trinajstić information content (AvgIpc) is 2.77. The lowest BCUT2D eigenvalue weighted by Crippen LogP contribution is -2.34. The van der Waals surface area contributed by atoms with E-state index >= 15 is 0 Å². The number of carbonyl (C=O) groups is 1. The summed E-state index contributed by atoms with van der Waals surface area (Å²) in [7, 11) is 0. The average molecular weight is 487 g/mol. The summed E-state index contributed by atoms with van der Waals surface area (Å²) in [4.78, 5) is 26.3. The number of carbonyl (C=O) groups excluding carboxylic acids is 1. The Balaban J connectivity index is 2.08. The Hall–Kier alpha value is -3.92. The number of anilines is 1. The van der Waals surface area contributed by atoms with Gasteiger partial charge in [-0.05, 0) is 56.7 Å². The van der Waals surface area contributed by atoms with Gasteiger partial charge in [0.2, 0.25) is 0 Å². The fourth-order valence-corrected chi connectivity index (χ4v) is 3.07. The Bertz CT molecular complexity index is 1310. The van der Waals surface area contributed by atoms with Crippen molar-refractivity contribution in [3.63, 3.8) is 0 Å². The van der Waals surface area contributed by atoms with E-state index in [9.17, 15) is 27.9 Å². The molecule has 10 heteroatoms. The van der Waals surface area contributed by atoms with Crippen LogP contribution in [-0.2, 0) is 5.60 Å². The molecule has 0 unspecified atom stereocenters. The van der Waals surface area contributed by atoms with Crippen molar-refractivity contribution in [2.75, 3.05) is 11.9 Å². The van der Waals surface area contributed by atoms with Crippen molar-refractivity contribution >= 4 is 17.2 Å². The first-order chi connectivity index (χ1) is 16.3. The van der Waals surface area contributed by atoms with Crippen LogP contribution in [0.3, 0.4) is 0 Å². The third kappa shape index (κ3) is 6.36. The molecule has 2 N–H and O–H groups in total. The second-order valence-electron chi connectivity index (χ2n) is 8.40. The number of nitrogens with one attached hydrogen (secondary N) is 1. The van der Waals surface area contributed by atoms with Crippen LogP contribution in [0, 0.1) is 0 Å². The van der Waals surface area contributed by atoms with E-state index in [1.165, 1.54) is 38.1 Å². The van der Waals surface area contributed by atoms with Crippen LogP contribution in [0.15, 0.2) is 66.0 Å². The van der Waals surface area contributed by atoms with Crippen LogP contribution in [0.4, 0.5) is 18.9 Å². The number of benzene rings is 2. The molecule has 0 spiro atoms. The largest absolute Gasteiger partial charge is 0.482 e. The van der Waals surface area contributed by atoms with E-state index < -0.39 is 29.9 Å². The van der Waals surface area contributed by atoms with E-state index in [0.717, 1.165) is 21.9 Å². The lowest BCUT2D eigenvalue weighted by Gasteiger charge is -2.20. The van der Waals surface area contributed by atoms with Gasteiger partial charge in [0.05, 0.1) is 5.69 Å². The Labute approximate surface area is 199 Å². The van der Waals surface area contributed by atoms with Gasteiger partial charge in [0, 0.05) is 5.69 Å². The maximum absolute atomic E-state index is 13.2. The fraction of sp³-hybridized carbons (Fsp3) is 0.240. The van der Waals surface area contributed by atoms with Crippen LogP contribution < -0.4 is 15.6 Å². The second kappa shape index (κ2) is 9.75. The molecule has 3 rings (SSSR count). The number of aliphatic hydroxyl groups is 1. The Morgan fingerprint density at radius 3 is 2.34 bits per heavy atom. The van der Waals surface area contributed by atoms with Crippen LogP contribution in [0.25, 0.3) is 11.3 Å². The first kappa shape index (κ1) is 25.7. The van der Waals surface area contributed by atoms with Gasteiger partial charge in [-0.2, -0.15) is 23.0 Å². The normalized spacial score (nSPS) is 11.7. The van der Waals surface area contributed by atoms with Crippen LogP contribution in [-0.4, -0.2) is 33.6 Å². The molecule has 0 aliphatic heterocycles. The maximum atomic E-state index is 13.2. The van der Waals surface area contributed by atoms with Crippen LogP contribution in [0.5, 0.6) is 5.75 Å². The van der Waals surface area contributed by atoms with Crippen molar-refractivity contribution in [2.45, 2.75) is 32.5 Å². The van der Waals surface area contributed by atoms with Gasteiger partial charge >= 0.3 is 6.18 Å². The highest BCUT2D eigenvalue weighted by molar-refractivity contribution is 6.04. The molecule has 0 aliphatic carbocycles. The molecule has 0 bridgehead atoms. The number of aromatic nitrogens is 2. The van der Waals surface area contributed by atoms with Crippen LogP contribution in [0.1, 0.15) is 42.4 Å². The van der Waals surface area contributed by atoms with Crippen LogP contribution >= 0.6 is 0 Å². The molecule has 35 heavy (non-hydrogen) atoms. The van der Waals surface area contributed by atoms with Gasteiger partial charge in [-0.25, -0.2) is 0 Å². The molecule has 0 atom stereocenters. The summed E-state index contributed by atoms with van der Waals surface area (Å²) in [6.45, 7) is 6.89. The van der Waals surface area contributed by atoms with Gasteiger partial charge in [0.1, 0.15) is 22.6 Å². The summed E-state index contributed by atoms with van der Waals surface area (Å²) in [5, 5.41) is 17.2. The predicted molar refractivity (Wildman–Crippen MR) is 126 cm³/mol. The number of para-hydroxylation sites is 2. The molecule has 2 aromatic carbocycles. The molecule has 184 valence electrons. The van der Waals surface area contributed by atoms with Crippen molar-refractivity contribution in [1.29, 1.82) is 0 Å². The highest BCUT2D eigenvalue weighted by Crippen LogP contribution is 2.26. The quantitative estimate of drug-likeness (QED) is 0.505. The van der Waals surface area contributed by atoms with Gasteiger partial charge < -0.3 is 15.2 Å². The van der Waals surface area contributed by atoms with Gasteiger partial charge in [0.25, 0.3) is 11.5 Å². The monoisotopic (exact) mass is 487 g/mol. The number of nitrogens with zero attached hydrogens (tertiary/aromatic N) is 2. The molecule has 1 amide bonds. The minimum Gasteiger partial charge on any atom is -0.482 e. The van der Waals surface area contributed by atoms with Crippen LogP contribution in [0.2, 0.25) is 0 Å². The van der Waals surface area contributed by atoms with Gasteiger partial charge in [-0.3, -0.25) is 9.59 Å². The van der Waals surface area contributed by atoms with Gasteiger partial charge in [0.15, 0.2) is 6.61 Å². The summed E-state index contributed by atoms with van der Waals surface area (Å²) in [5.41, 5.74) is -0.909. The fourth-order valence-electron chi connectivity index (χ4n) is 3.07. The third-order valence-corrected chi connectivity index (χ3v) is 4.90. The standard InChI is InChI=1S/C25H24F3N3O4/c1-15(2)16-9-11-17(12-10-16)29-22(32)18-13-21(24(3,4)34)30-31(23(18)33)19-7-5-6-8-20(19)35-14-25(26,27)28/h5-13,34H,1,14H2,2-4H3,(H,29,32). The number of rotatable bonds is 7. The van der Waals surface area contributed by atoms with E-state index in [1.807, 2.05) is 6.92 Å². The Morgan fingerprint density at radius 2 is 1.77 bits per heavy atom. The summed E-state index contributed by atoms with van der Waals surface area (Å²) >= 11 is 0. The summed E-state index contributed by atoms with van der Waals surface area (Å²) in [5.74, 6) is -1.05. The molecule has 0 fully saturated rings. The lowest BCUT2D eigenvalue weighted by atomic mass is 10.0. The topological polar surface area (TPSA) is 93.5 Å². The number of hydrogen-bond acceptors (Lipinski definition) is 5. The lowest BCUT2D eigenvalue weighted by molar-refractivity contribution is -0.153. The van der Waals surface area contributed by atoms with Crippen molar-refractivity contribution in [2.24, 2.45) is 0 Å². The molecular formula is C25H24F3N3O4. The van der Waals surface area contributed by atoms with E-state index in [1.54, 1.807) is 24.3 Å². The van der Waals surface area contributed by atoms with Crippen molar-refractivity contribution in [3.8, 4) is 11.4 Å². The first-order valence-electron chi connectivity index (χ1n) is 10.5. The molecule has 3 aromatic rings. The molecule has 0 saturated carbocycles. The third-order valence-electron chi connectivity index (χ3n) is 4.90. The summed E-state index contributed by atoms with van der Waals surface area (Å²) in [6.07, 6.45) is -4.61. The van der Waals surface area contributed by atoms with E-state index in [-0.39, 0.29) is 22.7 Å². The van der Waals surface area contributed by atoms with E-state index in [4.69, 9.17) is 4.74 Å². The molecular weight excluding hydrogens is 463 g/mol. The predicted octanol–water partition coefficient (Wildman–Crippen LogP) is 4.69. The second-order valence-corrected chi connectivity index (χ2v) is 8.40. The number of halogens is 3. The minimum absolute atomic E-state index is 0.0505. The van der Waals surface area contributed by atoms with Crippen molar-refractivity contribution < 1.29 is 27.8 Å². The number of allylic oxidation sites excluding steroid dienone is 1. The molecule has 1 aromatic heterocycles. The van der Waals surface area contributed by atoms with Gasteiger partial charge in [-0.15, -0.1) is 0 Å². The zero-order valence-corrected chi connectivity index (χ0v) is 19.3.